The maximum Gasteiger partial charge on any atom is 0.410 e. The first-order valence-electron chi connectivity index (χ1n) is 9.63. The molecule has 1 saturated heterocycles. The normalized spacial score (nSPS) is 28.7. The maximum atomic E-state index is 12.6. The highest BCUT2D eigenvalue weighted by Gasteiger charge is 2.51. The lowest BCUT2D eigenvalue weighted by atomic mass is 9.74. The number of benzene rings is 2. The lowest BCUT2D eigenvalue weighted by molar-refractivity contribution is -0.130. The van der Waals surface area contributed by atoms with E-state index in [2.05, 4.69) is 24.3 Å². The Labute approximate surface area is 158 Å². The summed E-state index contributed by atoms with van der Waals surface area (Å²) in [5.74, 6) is 0.296. The summed E-state index contributed by atoms with van der Waals surface area (Å²) in [5.41, 5.74) is 4.76. The monoisotopic (exact) mass is 365 g/mol. The van der Waals surface area contributed by atoms with Crippen LogP contribution in [-0.4, -0.2) is 52.6 Å². The van der Waals surface area contributed by atoms with Crippen LogP contribution in [0.5, 0.6) is 0 Å². The third-order valence-electron chi connectivity index (χ3n) is 6.42. The molecule has 5 heteroatoms. The van der Waals surface area contributed by atoms with Gasteiger partial charge < -0.3 is 19.8 Å². The molecule has 0 aromatic heterocycles. The third-order valence-corrected chi connectivity index (χ3v) is 6.42. The standard InChI is InChI=1S/C22H23NO4/c24-19-10-9-13-11-23(20(13)21(19)25)22(26)27-12-18-16-7-3-1-5-14(16)15-6-2-4-8-17(15)18/h1-8,13,18-21,24-25H,9-12H2/t13-,19+,20+,21+/m1/s1. The van der Waals surface area contributed by atoms with Gasteiger partial charge in [0.2, 0.25) is 0 Å². The summed E-state index contributed by atoms with van der Waals surface area (Å²) in [6.07, 6.45) is -0.587. The van der Waals surface area contributed by atoms with Crippen molar-refractivity contribution in [2.75, 3.05) is 13.2 Å². The topological polar surface area (TPSA) is 70.0 Å². The van der Waals surface area contributed by atoms with Gasteiger partial charge in [-0.3, -0.25) is 0 Å². The summed E-state index contributed by atoms with van der Waals surface area (Å²) in [4.78, 5) is 14.2. The Bertz CT molecular complexity index is 837. The summed E-state index contributed by atoms with van der Waals surface area (Å²) < 4.78 is 5.67. The molecule has 1 aliphatic heterocycles. The lowest BCUT2D eigenvalue weighted by Crippen LogP contribution is -2.67. The van der Waals surface area contributed by atoms with E-state index in [1.54, 1.807) is 4.90 Å². The van der Waals surface area contributed by atoms with Crippen LogP contribution in [0.1, 0.15) is 29.9 Å². The van der Waals surface area contributed by atoms with Crippen LogP contribution in [0.4, 0.5) is 4.79 Å². The van der Waals surface area contributed by atoms with E-state index in [9.17, 15) is 15.0 Å². The number of ether oxygens (including phenoxy) is 1. The predicted octanol–water partition coefficient (Wildman–Crippen LogP) is 2.75. The van der Waals surface area contributed by atoms with Crippen LogP contribution in [0.15, 0.2) is 48.5 Å². The molecule has 3 aliphatic rings. The number of fused-ring (bicyclic) bond motifs is 4. The van der Waals surface area contributed by atoms with Crippen molar-refractivity contribution in [1.29, 1.82) is 0 Å². The van der Waals surface area contributed by atoms with Crippen molar-refractivity contribution in [2.24, 2.45) is 5.92 Å². The van der Waals surface area contributed by atoms with Gasteiger partial charge in [-0.15, -0.1) is 0 Å². The molecule has 2 N–H and O–H groups in total. The largest absolute Gasteiger partial charge is 0.448 e. The molecule has 140 valence electrons. The Morgan fingerprint density at radius 1 is 1.00 bits per heavy atom. The number of carbonyl (C=O) groups is 1. The van der Waals surface area contributed by atoms with E-state index in [1.807, 2.05) is 24.3 Å². The summed E-state index contributed by atoms with van der Waals surface area (Å²) >= 11 is 0. The number of aliphatic hydroxyl groups excluding tert-OH is 2. The van der Waals surface area contributed by atoms with Gasteiger partial charge in [0.25, 0.3) is 0 Å². The molecule has 2 aromatic carbocycles. The number of hydrogen-bond acceptors (Lipinski definition) is 4. The summed E-state index contributed by atoms with van der Waals surface area (Å²) in [5, 5.41) is 20.1. The Balaban J connectivity index is 1.31. The second-order valence-electron chi connectivity index (χ2n) is 7.84. The number of rotatable bonds is 2. The van der Waals surface area contributed by atoms with Crippen LogP contribution in [0, 0.1) is 5.92 Å². The van der Waals surface area contributed by atoms with Crippen molar-refractivity contribution in [2.45, 2.75) is 37.0 Å². The van der Waals surface area contributed by atoms with Gasteiger partial charge in [0.05, 0.1) is 12.1 Å². The van der Waals surface area contributed by atoms with Gasteiger partial charge in [-0.05, 0) is 41.0 Å². The first-order valence-corrected chi connectivity index (χ1v) is 9.63. The van der Waals surface area contributed by atoms with Crippen LogP contribution in [-0.2, 0) is 4.74 Å². The van der Waals surface area contributed by atoms with E-state index in [4.69, 9.17) is 4.74 Å². The molecule has 5 nitrogen and oxygen atoms in total. The van der Waals surface area contributed by atoms with Crippen molar-refractivity contribution in [1.82, 2.24) is 4.90 Å². The highest BCUT2D eigenvalue weighted by Crippen LogP contribution is 2.45. The average Bonchev–Trinajstić information content (AvgIpc) is 2.98. The minimum Gasteiger partial charge on any atom is -0.448 e. The van der Waals surface area contributed by atoms with E-state index < -0.39 is 18.3 Å². The molecular formula is C22H23NO4. The third kappa shape index (κ3) is 2.57. The van der Waals surface area contributed by atoms with Crippen molar-refractivity contribution >= 4 is 6.09 Å². The number of hydrogen-bond donors (Lipinski definition) is 2. The molecule has 2 fully saturated rings. The highest BCUT2D eigenvalue weighted by molar-refractivity contribution is 5.79. The molecule has 2 aliphatic carbocycles. The molecule has 0 unspecified atom stereocenters. The van der Waals surface area contributed by atoms with Gasteiger partial charge in [0.15, 0.2) is 0 Å². The van der Waals surface area contributed by atoms with Crippen LogP contribution >= 0.6 is 0 Å². The summed E-state index contributed by atoms with van der Waals surface area (Å²) in [6, 6.07) is 16.2. The fourth-order valence-electron chi connectivity index (χ4n) is 4.98. The van der Waals surface area contributed by atoms with Gasteiger partial charge in [-0.25, -0.2) is 4.79 Å². The highest BCUT2D eigenvalue weighted by atomic mass is 16.6. The van der Waals surface area contributed by atoms with Crippen molar-refractivity contribution in [3.8, 4) is 11.1 Å². The lowest BCUT2D eigenvalue weighted by Gasteiger charge is -2.53. The number of nitrogens with zero attached hydrogens (tertiary/aromatic N) is 1. The molecule has 0 spiro atoms. The molecule has 0 radical (unpaired) electrons. The number of carbonyl (C=O) groups excluding carboxylic acids is 1. The quantitative estimate of drug-likeness (QED) is 0.859. The van der Waals surface area contributed by atoms with Crippen molar-refractivity contribution in [3.05, 3.63) is 59.7 Å². The Morgan fingerprint density at radius 3 is 2.30 bits per heavy atom. The molecular weight excluding hydrogens is 342 g/mol. The zero-order chi connectivity index (χ0) is 18.5. The van der Waals surface area contributed by atoms with Gasteiger partial charge in [-0.1, -0.05) is 48.5 Å². The van der Waals surface area contributed by atoms with Crippen LogP contribution in [0.2, 0.25) is 0 Å². The summed E-state index contributed by atoms with van der Waals surface area (Å²) in [6.45, 7) is 0.879. The van der Waals surface area contributed by atoms with E-state index in [1.165, 1.54) is 22.3 Å². The smallest absolute Gasteiger partial charge is 0.410 e. The van der Waals surface area contributed by atoms with Gasteiger partial charge in [0.1, 0.15) is 12.7 Å². The molecule has 1 saturated carbocycles. The van der Waals surface area contributed by atoms with Crippen LogP contribution in [0.25, 0.3) is 11.1 Å². The molecule has 27 heavy (non-hydrogen) atoms. The zero-order valence-electron chi connectivity index (χ0n) is 15.0. The first kappa shape index (κ1) is 16.8. The molecule has 2 aromatic rings. The zero-order valence-corrected chi connectivity index (χ0v) is 15.0. The average molecular weight is 365 g/mol. The fraction of sp³-hybridized carbons (Fsp3) is 0.409. The van der Waals surface area contributed by atoms with Crippen molar-refractivity contribution in [3.63, 3.8) is 0 Å². The first-order chi connectivity index (χ1) is 13.1. The van der Waals surface area contributed by atoms with E-state index in [0.717, 1.165) is 6.42 Å². The fourth-order valence-corrected chi connectivity index (χ4v) is 4.98. The Kier molecular flexibility index (Phi) is 3.95. The van der Waals surface area contributed by atoms with E-state index in [0.29, 0.717) is 13.0 Å². The number of amides is 1. The molecule has 0 bridgehead atoms. The van der Waals surface area contributed by atoms with E-state index in [-0.39, 0.29) is 24.5 Å². The summed E-state index contributed by atoms with van der Waals surface area (Å²) in [7, 11) is 0. The van der Waals surface area contributed by atoms with Gasteiger partial charge >= 0.3 is 6.09 Å². The molecule has 4 atom stereocenters. The molecule has 1 heterocycles. The van der Waals surface area contributed by atoms with E-state index >= 15 is 0 Å². The van der Waals surface area contributed by atoms with Crippen LogP contribution in [0.3, 0.4) is 0 Å². The maximum absolute atomic E-state index is 12.6. The Hall–Kier alpha value is -2.37. The van der Waals surface area contributed by atoms with Gasteiger partial charge in [-0.2, -0.15) is 0 Å². The molecule has 1 amide bonds. The number of aliphatic hydroxyl groups is 2. The minimum atomic E-state index is -0.877. The van der Waals surface area contributed by atoms with Gasteiger partial charge in [0, 0.05) is 12.5 Å². The van der Waals surface area contributed by atoms with Crippen LogP contribution < -0.4 is 0 Å². The Morgan fingerprint density at radius 2 is 1.63 bits per heavy atom. The molecule has 5 rings (SSSR count). The predicted molar refractivity (Wildman–Crippen MR) is 100 cm³/mol. The van der Waals surface area contributed by atoms with Crippen molar-refractivity contribution < 1.29 is 19.7 Å². The second kappa shape index (κ2) is 6.36. The second-order valence-corrected chi connectivity index (χ2v) is 7.84. The minimum absolute atomic E-state index is 0.0280. The SMILES string of the molecule is O=C(OCC1c2ccccc2-c2ccccc21)N1C[C@H]2CC[C@H](O)[C@H](O)[C@H]21. The number of likely N-dealkylation sites (tertiary alicyclic amines) is 1.